The van der Waals surface area contributed by atoms with Gasteiger partial charge in [-0.1, -0.05) is 18.2 Å². The van der Waals surface area contributed by atoms with E-state index in [9.17, 15) is 0 Å². The molecular weight excluding hydrogens is 238 g/mol. The molecule has 2 rings (SSSR count). The Bertz CT molecular complexity index is 491. The summed E-state index contributed by atoms with van der Waals surface area (Å²) in [6, 6.07) is 12.2. The second-order valence-electron chi connectivity index (χ2n) is 4.89. The van der Waals surface area contributed by atoms with Crippen LogP contribution in [0, 0.1) is 0 Å². The van der Waals surface area contributed by atoms with Gasteiger partial charge in [0.25, 0.3) is 0 Å². The standard InChI is InChI=1S/C16H21NO2/c1-12(2)19-16-8-5-4-7-14(16)11-17-13(3)15-9-6-10-18-15/h4-10,12-13,17H,11H2,1-3H3/t13-/m0/s1. The van der Waals surface area contributed by atoms with Gasteiger partial charge in [0.05, 0.1) is 18.4 Å². The number of hydrogen-bond donors (Lipinski definition) is 1. The minimum Gasteiger partial charge on any atom is -0.491 e. The molecule has 0 aliphatic carbocycles. The molecular formula is C16H21NO2. The monoisotopic (exact) mass is 259 g/mol. The number of furan rings is 1. The van der Waals surface area contributed by atoms with Gasteiger partial charge in [-0.2, -0.15) is 0 Å². The highest BCUT2D eigenvalue weighted by atomic mass is 16.5. The zero-order valence-electron chi connectivity index (χ0n) is 11.7. The molecule has 1 aromatic heterocycles. The van der Waals surface area contributed by atoms with Gasteiger partial charge in [-0.25, -0.2) is 0 Å². The Morgan fingerprint density at radius 2 is 1.89 bits per heavy atom. The van der Waals surface area contributed by atoms with Gasteiger partial charge in [0.1, 0.15) is 11.5 Å². The molecule has 0 spiro atoms. The van der Waals surface area contributed by atoms with Crippen LogP contribution in [0.1, 0.15) is 38.1 Å². The lowest BCUT2D eigenvalue weighted by Gasteiger charge is -2.16. The van der Waals surface area contributed by atoms with Crippen LogP contribution >= 0.6 is 0 Å². The van der Waals surface area contributed by atoms with Gasteiger partial charge < -0.3 is 14.5 Å². The highest BCUT2D eigenvalue weighted by Gasteiger charge is 2.09. The van der Waals surface area contributed by atoms with Crippen LogP contribution in [-0.2, 0) is 6.54 Å². The molecule has 0 amide bonds. The number of rotatable bonds is 6. The van der Waals surface area contributed by atoms with Gasteiger partial charge in [-0.3, -0.25) is 0 Å². The van der Waals surface area contributed by atoms with Crippen molar-refractivity contribution in [1.29, 1.82) is 0 Å². The molecule has 0 saturated carbocycles. The van der Waals surface area contributed by atoms with Crippen LogP contribution in [0.4, 0.5) is 0 Å². The Kier molecular flexibility index (Phi) is 4.63. The van der Waals surface area contributed by atoms with Crippen molar-refractivity contribution in [1.82, 2.24) is 5.32 Å². The topological polar surface area (TPSA) is 34.4 Å². The van der Waals surface area contributed by atoms with E-state index in [4.69, 9.17) is 9.15 Å². The highest BCUT2D eigenvalue weighted by Crippen LogP contribution is 2.20. The Morgan fingerprint density at radius 3 is 2.58 bits per heavy atom. The fourth-order valence-corrected chi connectivity index (χ4v) is 1.92. The molecule has 0 fully saturated rings. The second kappa shape index (κ2) is 6.43. The van der Waals surface area contributed by atoms with Crippen LogP contribution in [0.3, 0.4) is 0 Å². The molecule has 0 bridgehead atoms. The maximum atomic E-state index is 5.80. The summed E-state index contributed by atoms with van der Waals surface area (Å²) >= 11 is 0. The van der Waals surface area contributed by atoms with E-state index in [1.54, 1.807) is 6.26 Å². The fraction of sp³-hybridized carbons (Fsp3) is 0.375. The predicted octanol–water partition coefficient (Wildman–Crippen LogP) is 3.92. The summed E-state index contributed by atoms with van der Waals surface area (Å²) in [6.07, 6.45) is 1.88. The van der Waals surface area contributed by atoms with Crippen LogP contribution in [0.15, 0.2) is 47.1 Å². The van der Waals surface area contributed by atoms with Crippen molar-refractivity contribution in [3.63, 3.8) is 0 Å². The molecule has 3 heteroatoms. The first-order chi connectivity index (χ1) is 9.16. The summed E-state index contributed by atoms with van der Waals surface area (Å²) in [5, 5.41) is 3.44. The lowest BCUT2D eigenvalue weighted by atomic mass is 10.1. The zero-order valence-corrected chi connectivity index (χ0v) is 11.7. The molecule has 0 aliphatic heterocycles. The van der Waals surface area contributed by atoms with E-state index in [1.807, 2.05) is 44.2 Å². The molecule has 0 unspecified atom stereocenters. The summed E-state index contributed by atoms with van der Waals surface area (Å²) < 4.78 is 11.2. The molecule has 1 aromatic carbocycles. The number of nitrogens with one attached hydrogen (secondary N) is 1. The Balaban J connectivity index is 1.99. The minimum atomic E-state index is 0.183. The van der Waals surface area contributed by atoms with E-state index in [1.165, 1.54) is 0 Å². The summed E-state index contributed by atoms with van der Waals surface area (Å²) in [7, 11) is 0. The number of hydrogen-bond acceptors (Lipinski definition) is 3. The molecule has 1 atom stereocenters. The lowest BCUT2D eigenvalue weighted by Crippen LogP contribution is -2.18. The number of ether oxygens (including phenoxy) is 1. The first kappa shape index (κ1) is 13.7. The van der Waals surface area contributed by atoms with E-state index in [-0.39, 0.29) is 12.1 Å². The van der Waals surface area contributed by atoms with Crippen molar-refractivity contribution in [3.05, 3.63) is 54.0 Å². The van der Waals surface area contributed by atoms with Crippen molar-refractivity contribution < 1.29 is 9.15 Å². The molecule has 102 valence electrons. The lowest BCUT2D eigenvalue weighted by molar-refractivity contribution is 0.239. The smallest absolute Gasteiger partial charge is 0.124 e. The summed E-state index contributed by atoms with van der Waals surface area (Å²) in [6.45, 7) is 6.92. The quantitative estimate of drug-likeness (QED) is 0.854. The Labute approximate surface area is 114 Å². The van der Waals surface area contributed by atoms with Crippen LogP contribution < -0.4 is 10.1 Å². The third-order valence-electron chi connectivity index (χ3n) is 2.90. The zero-order chi connectivity index (χ0) is 13.7. The SMILES string of the molecule is CC(C)Oc1ccccc1CN[C@@H](C)c1ccco1. The normalized spacial score (nSPS) is 12.6. The minimum absolute atomic E-state index is 0.183. The van der Waals surface area contributed by atoms with Gasteiger partial charge >= 0.3 is 0 Å². The molecule has 19 heavy (non-hydrogen) atoms. The number of para-hydroxylation sites is 1. The van der Waals surface area contributed by atoms with Crippen LogP contribution in [0.2, 0.25) is 0 Å². The molecule has 0 saturated heterocycles. The summed E-state index contributed by atoms with van der Waals surface area (Å²) in [5.41, 5.74) is 1.16. The van der Waals surface area contributed by atoms with Crippen LogP contribution in [0.25, 0.3) is 0 Å². The second-order valence-corrected chi connectivity index (χ2v) is 4.89. The molecule has 2 aromatic rings. The van der Waals surface area contributed by atoms with Gasteiger partial charge in [0, 0.05) is 12.1 Å². The molecule has 0 aliphatic rings. The summed E-state index contributed by atoms with van der Waals surface area (Å²) in [5.74, 6) is 1.89. The molecule has 3 nitrogen and oxygen atoms in total. The Morgan fingerprint density at radius 1 is 1.11 bits per heavy atom. The van der Waals surface area contributed by atoms with Crippen molar-refractivity contribution >= 4 is 0 Å². The van der Waals surface area contributed by atoms with Gasteiger partial charge in [-0.05, 0) is 39.0 Å². The maximum Gasteiger partial charge on any atom is 0.124 e. The van der Waals surface area contributed by atoms with Crippen molar-refractivity contribution in [2.24, 2.45) is 0 Å². The van der Waals surface area contributed by atoms with Crippen molar-refractivity contribution in [2.75, 3.05) is 0 Å². The van der Waals surface area contributed by atoms with E-state index in [2.05, 4.69) is 18.3 Å². The van der Waals surface area contributed by atoms with Crippen LogP contribution in [0.5, 0.6) is 5.75 Å². The van der Waals surface area contributed by atoms with E-state index >= 15 is 0 Å². The van der Waals surface area contributed by atoms with Crippen molar-refractivity contribution in [3.8, 4) is 5.75 Å². The highest BCUT2D eigenvalue weighted by molar-refractivity contribution is 5.33. The maximum absolute atomic E-state index is 5.80. The van der Waals surface area contributed by atoms with E-state index in [0.29, 0.717) is 0 Å². The molecule has 0 radical (unpaired) electrons. The van der Waals surface area contributed by atoms with Crippen molar-refractivity contribution in [2.45, 2.75) is 39.5 Å². The first-order valence-electron chi connectivity index (χ1n) is 6.68. The average Bonchev–Trinajstić information content (AvgIpc) is 2.90. The van der Waals surface area contributed by atoms with Gasteiger partial charge in [0.2, 0.25) is 0 Å². The molecule has 1 heterocycles. The van der Waals surface area contributed by atoms with E-state index < -0.39 is 0 Å². The predicted molar refractivity (Wildman–Crippen MR) is 76.2 cm³/mol. The largest absolute Gasteiger partial charge is 0.491 e. The van der Waals surface area contributed by atoms with E-state index in [0.717, 1.165) is 23.6 Å². The van der Waals surface area contributed by atoms with Gasteiger partial charge in [-0.15, -0.1) is 0 Å². The first-order valence-corrected chi connectivity index (χ1v) is 6.68. The third-order valence-corrected chi connectivity index (χ3v) is 2.90. The average molecular weight is 259 g/mol. The molecule has 1 N–H and O–H groups in total. The Hall–Kier alpha value is -1.74. The number of benzene rings is 1. The fourth-order valence-electron chi connectivity index (χ4n) is 1.92. The van der Waals surface area contributed by atoms with Crippen LogP contribution in [-0.4, -0.2) is 6.10 Å². The van der Waals surface area contributed by atoms with Gasteiger partial charge in [0.15, 0.2) is 0 Å². The summed E-state index contributed by atoms with van der Waals surface area (Å²) in [4.78, 5) is 0. The third kappa shape index (κ3) is 3.86.